The van der Waals surface area contributed by atoms with Gasteiger partial charge in [0.2, 0.25) is 0 Å². The van der Waals surface area contributed by atoms with Gasteiger partial charge in [0.25, 0.3) is 0 Å². The SMILES string of the molecule is c1ccc(CCn2c3c(c4cnccc42)CNCC3)cc1. The topological polar surface area (TPSA) is 29.9 Å². The fourth-order valence-corrected chi connectivity index (χ4v) is 3.36. The molecule has 1 N–H and O–H groups in total. The monoisotopic (exact) mass is 277 g/mol. The molecule has 0 spiro atoms. The van der Waals surface area contributed by atoms with Gasteiger partial charge in [-0.15, -0.1) is 0 Å². The van der Waals surface area contributed by atoms with Crippen LogP contribution in [0, 0.1) is 0 Å². The Hall–Kier alpha value is -2.13. The molecule has 3 aromatic rings. The normalized spacial score (nSPS) is 14.3. The molecule has 0 saturated heterocycles. The van der Waals surface area contributed by atoms with E-state index >= 15 is 0 Å². The standard InChI is InChI=1S/C18H19N3/c1-2-4-14(5-3-1)8-11-21-17-6-9-19-12-15(17)16-13-20-10-7-18(16)21/h1-6,9,12,20H,7-8,10-11,13H2. The molecule has 21 heavy (non-hydrogen) atoms. The smallest absolute Gasteiger partial charge is 0.0517 e. The minimum absolute atomic E-state index is 0.968. The average Bonchev–Trinajstić information content (AvgIpc) is 2.88. The number of nitrogens with one attached hydrogen (secondary N) is 1. The van der Waals surface area contributed by atoms with E-state index in [1.165, 1.54) is 27.7 Å². The summed E-state index contributed by atoms with van der Waals surface area (Å²) in [7, 11) is 0. The number of pyridine rings is 1. The quantitative estimate of drug-likeness (QED) is 0.797. The van der Waals surface area contributed by atoms with E-state index in [0.717, 1.165) is 32.5 Å². The van der Waals surface area contributed by atoms with Crippen LogP contribution < -0.4 is 5.32 Å². The van der Waals surface area contributed by atoms with Crippen molar-refractivity contribution in [3.63, 3.8) is 0 Å². The molecular formula is C18H19N3. The van der Waals surface area contributed by atoms with Gasteiger partial charge in [-0.05, 0) is 23.6 Å². The van der Waals surface area contributed by atoms with E-state index in [2.05, 4.69) is 51.3 Å². The molecule has 1 aliphatic rings. The van der Waals surface area contributed by atoms with Crippen molar-refractivity contribution in [3.8, 4) is 0 Å². The predicted octanol–water partition coefficient (Wildman–Crippen LogP) is 2.92. The second-order valence-corrected chi connectivity index (χ2v) is 5.63. The first-order chi connectivity index (χ1) is 10.4. The zero-order valence-electron chi connectivity index (χ0n) is 12.0. The van der Waals surface area contributed by atoms with Crippen molar-refractivity contribution in [1.29, 1.82) is 0 Å². The minimum Gasteiger partial charge on any atom is -0.344 e. The Bertz CT molecular complexity index is 759. The molecule has 0 aliphatic carbocycles. The summed E-state index contributed by atoms with van der Waals surface area (Å²) >= 11 is 0. The molecule has 0 radical (unpaired) electrons. The van der Waals surface area contributed by atoms with Gasteiger partial charge in [0.15, 0.2) is 0 Å². The van der Waals surface area contributed by atoms with Crippen molar-refractivity contribution < 1.29 is 0 Å². The number of hydrogen-bond donors (Lipinski definition) is 1. The summed E-state index contributed by atoms with van der Waals surface area (Å²) in [5, 5.41) is 4.79. The molecule has 0 atom stereocenters. The van der Waals surface area contributed by atoms with Crippen LogP contribution in [0.5, 0.6) is 0 Å². The van der Waals surface area contributed by atoms with E-state index in [0.29, 0.717) is 0 Å². The van der Waals surface area contributed by atoms with Gasteiger partial charge >= 0.3 is 0 Å². The highest BCUT2D eigenvalue weighted by Crippen LogP contribution is 2.28. The van der Waals surface area contributed by atoms with E-state index in [4.69, 9.17) is 0 Å². The molecule has 1 aromatic carbocycles. The van der Waals surface area contributed by atoms with E-state index in [1.54, 1.807) is 0 Å². The second-order valence-electron chi connectivity index (χ2n) is 5.63. The maximum absolute atomic E-state index is 4.31. The highest BCUT2D eigenvalue weighted by Gasteiger charge is 2.19. The first-order valence-corrected chi connectivity index (χ1v) is 7.62. The van der Waals surface area contributed by atoms with Gasteiger partial charge in [-0.3, -0.25) is 4.98 Å². The molecule has 106 valence electrons. The Morgan fingerprint density at radius 3 is 2.95 bits per heavy atom. The van der Waals surface area contributed by atoms with Crippen LogP contribution in [0.2, 0.25) is 0 Å². The Kier molecular flexibility index (Phi) is 3.20. The van der Waals surface area contributed by atoms with E-state index in [1.807, 2.05) is 12.4 Å². The van der Waals surface area contributed by atoms with Crippen LogP contribution in [-0.2, 0) is 25.9 Å². The molecule has 0 saturated carbocycles. The lowest BCUT2D eigenvalue weighted by atomic mass is 10.1. The van der Waals surface area contributed by atoms with Crippen molar-refractivity contribution in [1.82, 2.24) is 14.9 Å². The van der Waals surface area contributed by atoms with Crippen molar-refractivity contribution in [2.75, 3.05) is 6.54 Å². The number of aromatic nitrogens is 2. The number of hydrogen-bond acceptors (Lipinski definition) is 2. The summed E-state index contributed by atoms with van der Waals surface area (Å²) in [6, 6.07) is 12.9. The largest absolute Gasteiger partial charge is 0.344 e. The molecular weight excluding hydrogens is 258 g/mol. The Labute approximate surface area is 124 Å². The van der Waals surface area contributed by atoms with Gasteiger partial charge in [0.05, 0.1) is 5.52 Å². The van der Waals surface area contributed by atoms with Crippen molar-refractivity contribution in [2.24, 2.45) is 0 Å². The first kappa shape index (κ1) is 12.6. The summed E-state index contributed by atoms with van der Waals surface area (Å²) in [6.45, 7) is 3.08. The first-order valence-electron chi connectivity index (χ1n) is 7.62. The van der Waals surface area contributed by atoms with Crippen LogP contribution in [0.3, 0.4) is 0 Å². The summed E-state index contributed by atoms with van der Waals surface area (Å²) in [6.07, 6.45) is 6.10. The van der Waals surface area contributed by atoms with Gasteiger partial charge in [-0.25, -0.2) is 0 Å². The maximum Gasteiger partial charge on any atom is 0.0517 e. The zero-order chi connectivity index (χ0) is 14.1. The van der Waals surface area contributed by atoms with Crippen molar-refractivity contribution in [2.45, 2.75) is 25.9 Å². The maximum atomic E-state index is 4.31. The second kappa shape index (κ2) is 5.34. The summed E-state index contributed by atoms with van der Waals surface area (Å²) in [4.78, 5) is 4.31. The van der Waals surface area contributed by atoms with E-state index in [-0.39, 0.29) is 0 Å². The van der Waals surface area contributed by atoms with Crippen molar-refractivity contribution in [3.05, 3.63) is 65.6 Å². The van der Waals surface area contributed by atoms with Crippen LogP contribution in [0.4, 0.5) is 0 Å². The Balaban J connectivity index is 1.74. The third-order valence-corrected chi connectivity index (χ3v) is 4.40. The number of nitrogens with zero attached hydrogens (tertiary/aromatic N) is 2. The molecule has 0 bridgehead atoms. The molecule has 0 amide bonds. The van der Waals surface area contributed by atoms with Crippen LogP contribution in [0.1, 0.15) is 16.8 Å². The number of aryl methyl sites for hydroxylation is 2. The Morgan fingerprint density at radius 2 is 2.05 bits per heavy atom. The average molecular weight is 277 g/mol. The lowest BCUT2D eigenvalue weighted by Crippen LogP contribution is -2.24. The molecule has 4 rings (SSSR count). The molecule has 3 heterocycles. The third-order valence-electron chi connectivity index (χ3n) is 4.40. The van der Waals surface area contributed by atoms with Crippen LogP contribution in [0.15, 0.2) is 48.8 Å². The van der Waals surface area contributed by atoms with Gasteiger partial charge in [-0.2, -0.15) is 0 Å². The highest BCUT2D eigenvalue weighted by atomic mass is 15.0. The van der Waals surface area contributed by atoms with Gasteiger partial charge in [0.1, 0.15) is 0 Å². The number of fused-ring (bicyclic) bond motifs is 3. The summed E-state index contributed by atoms with van der Waals surface area (Å²) in [5.41, 5.74) is 5.66. The van der Waals surface area contributed by atoms with Gasteiger partial charge in [-0.1, -0.05) is 30.3 Å². The predicted molar refractivity (Wildman–Crippen MR) is 85.3 cm³/mol. The third kappa shape index (κ3) is 2.24. The molecule has 0 fully saturated rings. The van der Waals surface area contributed by atoms with Crippen LogP contribution >= 0.6 is 0 Å². The zero-order valence-corrected chi connectivity index (χ0v) is 12.0. The van der Waals surface area contributed by atoms with Gasteiger partial charge < -0.3 is 9.88 Å². The van der Waals surface area contributed by atoms with Crippen LogP contribution in [0.25, 0.3) is 10.9 Å². The minimum atomic E-state index is 0.968. The fraction of sp³-hybridized carbons (Fsp3) is 0.278. The molecule has 3 heteroatoms. The lowest BCUT2D eigenvalue weighted by Gasteiger charge is -2.17. The molecule has 2 aromatic heterocycles. The van der Waals surface area contributed by atoms with Crippen molar-refractivity contribution >= 4 is 10.9 Å². The lowest BCUT2D eigenvalue weighted by molar-refractivity contribution is 0.594. The molecule has 1 aliphatic heterocycles. The molecule has 0 unspecified atom stereocenters. The summed E-state index contributed by atoms with van der Waals surface area (Å²) in [5.74, 6) is 0. The van der Waals surface area contributed by atoms with Crippen LogP contribution in [-0.4, -0.2) is 16.1 Å². The fourth-order valence-electron chi connectivity index (χ4n) is 3.36. The number of benzene rings is 1. The molecule has 3 nitrogen and oxygen atoms in total. The highest BCUT2D eigenvalue weighted by molar-refractivity contribution is 5.84. The number of rotatable bonds is 3. The van der Waals surface area contributed by atoms with E-state index < -0.39 is 0 Å². The Morgan fingerprint density at radius 1 is 1.14 bits per heavy atom. The van der Waals surface area contributed by atoms with Gasteiger partial charge in [0, 0.05) is 49.5 Å². The van der Waals surface area contributed by atoms with E-state index in [9.17, 15) is 0 Å². The summed E-state index contributed by atoms with van der Waals surface area (Å²) < 4.78 is 2.50.